The highest BCUT2D eigenvalue weighted by molar-refractivity contribution is 5.64. The van der Waals surface area contributed by atoms with Gasteiger partial charge in [-0.2, -0.15) is 0 Å². The second kappa shape index (κ2) is 12.8. The molecule has 1 saturated carbocycles. The number of unbranched alkanes of at least 4 members (excludes halogenated alkanes) is 2. The van der Waals surface area contributed by atoms with Crippen LogP contribution in [-0.4, -0.2) is 63.9 Å². The number of benzene rings is 1. The number of ether oxygens (including phenoxy) is 1. The Kier molecular flexibility index (Phi) is 9.81. The van der Waals surface area contributed by atoms with E-state index in [4.69, 9.17) is 4.74 Å². The van der Waals surface area contributed by atoms with Crippen molar-refractivity contribution in [2.45, 2.75) is 103 Å². The minimum Gasteiger partial charge on any atom is -0.380 e. The third-order valence-corrected chi connectivity index (χ3v) is 9.86. The normalized spacial score (nSPS) is 24.2. The quantitative estimate of drug-likeness (QED) is 0.331. The van der Waals surface area contributed by atoms with Gasteiger partial charge in [-0.15, -0.1) is 0 Å². The monoisotopic (exact) mass is 483 g/mol. The summed E-state index contributed by atoms with van der Waals surface area (Å²) in [5.41, 5.74) is 5.19. The molecule has 4 rings (SSSR count). The molecular formula is C31H53N3O. The van der Waals surface area contributed by atoms with Crippen molar-refractivity contribution in [2.24, 2.45) is 5.41 Å². The number of nitrogens with zero attached hydrogens (tertiary/aromatic N) is 3. The van der Waals surface area contributed by atoms with Crippen molar-refractivity contribution in [1.82, 2.24) is 4.90 Å². The standard InChI is InChI=1S/C31H53N3O/c1-5-8-9-18-32-20-22-33(23-21-32)30-13-12-27(34-19-10-11-28(25-34)35-4)24-29(30)26-14-16-31(6-2,7-3)17-15-26/h12-13,24,26,28H,5-11,14-23,25H2,1-4H3. The molecule has 4 nitrogen and oxygen atoms in total. The van der Waals surface area contributed by atoms with Crippen molar-refractivity contribution in [1.29, 1.82) is 0 Å². The maximum Gasteiger partial charge on any atom is 0.0746 e. The summed E-state index contributed by atoms with van der Waals surface area (Å²) in [6, 6.07) is 7.49. The van der Waals surface area contributed by atoms with Gasteiger partial charge in [-0.3, -0.25) is 4.90 Å². The number of hydrogen-bond donors (Lipinski definition) is 0. The molecule has 1 atom stereocenters. The van der Waals surface area contributed by atoms with Crippen LogP contribution >= 0.6 is 0 Å². The van der Waals surface area contributed by atoms with E-state index in [1.54, 1.807) is 5.56 Å². The molecule has 3 fully saturated rings. The summed E-state index contributed by atoms with van der Waals surface area (Å²) in [5, 5.41) is 0. The Balaban J connectivity index is 1.52. The van der Waals surface area contributed by atoms with Gasteiger partial charge in [0.05, 0.1) is 6.10 Å². The second-order valence-electron chi connectivity index (χ2n) is 11.7. The van der Waals surface area contributed by atoms with Crippen molar-refractivity contribution in [3.05, 3.63) is 23.8 Å². The summed E-state index contributed by atoms with van der Waals surface area (Å²) in [4.78, 5) is 7.99. The van der Waals surface area contributed by atoms with Gasteiger partial charge in [0.2, 0.25) is 0 Å². The van der Waals surface area contributed by atoms with E-state index in [0.29, 0.717) is 17.4 Å². The molecule has 1 aromatic carbocycles. The number of methoxy groups -OCH3 is 1. The fourth-order valence-corrected chi connectivity index (χ4v) is 7.01. The topological polar surface area (TPSA) is 19.0 Å². The molecule has 1 aliphatic carbocycles. The molecule has 1 unspecified atom stereocenters. The van der Waals surface area contributed by atoms with Crippen LogP contribution in [0.4, 0.5) is 11.4 Å². The lowest BCUT2D eigenvalue weighted by Gasteiger charge is -2.42. The predicted molar refractivity (Wildman–Crippen MR) is 151 cm³/mol. The van der Waals surface area contributed by atoms with E-state index in [1.165, 1.54) is 115 Å². The zero-order valence-corrected chi connectivity index (χ0v) is 23.4. The van der Waals surface area contributed by atoms with E-state index in [2.05, 4.69) is 53.7 Å². The molecule has 0 amide bonds. The molecule has 3 aliphatic rings. The van der Waals surface area contributed by atoms with Gasteiger partial charge in [0.15, 0.2) is 0 Å². The van der Waals surface area contributed by atoms with E-state index in [0.717, 1.165) is 13.1 Å². The summed E-state index contributed by atoms with van der Waals surface area (Å²) in [6.07, 6.45) is 15.0. The molecule has 4 heteroatoms. The summed E-state index contributed by atoms with van der Waals surface area (Å²) >= 11 is 0. The zero-order chi connectivity index (χ0) is 24.7. The maximum atomic E-state index is 5.75. The first kappa shape index (κ1) is 26.8. The lowest BCUT2D eigenvalue weighted by Crippen LogP contribution is -2.47. The van der Waals surface area contributed by atoms with E-state index in [9.17, 15) is 0 Å². The molecule has 2 aliphatic heterocycles. The molecule has 0 spiro atoms. The van der Waals surface area contributed by atoms with Gasteiger partial charge in [-0.25, -0.2) is 0 Å². The van der Waals surface area contributed by atoms with Crippen LogP contribution < -0.4 is 9.80 Å². The van der Waals surface area contributed by atoms with Crippen LogP contribution in [-0.2, 0) is 4.74 Å². The molecule has 0 bridgehead atoms. The van der Waals surface area contributed by atoms with Crippen molar-refractivity contribution in [3.8, 4) is 0 Å². The van der Waals surface area contributed by atoms with Crippen LogP contribution in [0, 0.1) is 5.41 Å². The largest absolute Gasteiger partial charge is 0.380 e. The number of rotatable bonds is 10. The molecule has 2 saturated heterocycles. The molecule has 0 aromatic heterocycles. The summed E-state index contributed by atoms with van der Waals surface area (Å²) < 4.78 is 5.75. The Morgan fingerprint density at radius 2 is 1.63 bits per heavy atom. The summed E-state index contributed by atoms with van der Waals surface area (Å²) in [5.74, 6) is 0.710. The summed E-state index contributed by atoms with van der Waals surface area (Å²) in [6.45, 7) is 15.4. The third-order valence-electron chi connectivity index (χ3n) is 9.86. The Bertz CT molecular complexity index is 758. The van der Waals surface area contributed by atoms with E-state index < -0.39 is 0 Å². The first-order valence-electron chi connectivity index (χ1n) is 15.0. The van der Waals surface area contributed by atoms with E-state index in [1.807, 2.05) is 7.11 Å². The third kappa shape index (κ3) is 6.55. The molecule has 35 heavy (non-hydrogen) atoms. The van der Waals surface area contributed by atoms with Gasteiger partial charge >= 0.3 is 0 Å². The zero-order valence-electron chi connectivity index (χ0n) is 23.4. The van der Waals surface area contributed by atoms with Gasteiger partial charge in [0.25, 0.3) is 0 Å². The number of piperidine rings is 1. The average Bonchev–Trinajstić information content (AvgIpc) is 2.93. The van der Waals surface area contributed by atoms with Crippen LogP contribution in [0.2, 0.25) is 0 Å². The SMILES string of the molecule is CCCCCN1CCN(c2ccc(N3CCCC(OC)C3)cc2C2CCC(CC)(CC)CC2)CC1. The van der Waals surface area contributed by atoms with E-state index >= 15 is 0 Å². The molecule has 0 N–H and O–H groups in total. The van der Waals surface area contributed by atoms with E-state index in [-0.39, 0.29) is 0 Å². The van der Waals surface area contributed by atoms with Crippen molar-refractivity contribution >= 4 is 11.4 Å². The van der Waals surface area contributed by atoms with Crippen LogP contribution in [0.15, 0.2) is 18.2 Å². The van der Waals surface area contributed by atoms with Gasteiger partial charge in [0.1, 0.15) is 0 Å². The molecule has 2 heterocycles. The minimum absolute atomic E-state index is 0.372. The first-order valence-corrected chi connectivity index (χ1v) is 15.0. The fourth-order valence-electron chi connectivity index (χ4n) is 7.01. The molecular weight excluding hydrogens is 430 g/mol. The number of anilines is 2. The van der Waals surface area contributed by atoms with Crippen LogP contribution in [0.3, 0.4) is 0 Å². The Labute approximate surface area is 216 Å². The highest BCUT2D eigenvalue weighted by Gasteiger charge is 2.34. The predicted octanol–water partition coefficient (Wildman–Crippen LogP) is 7.08. The van der Waals surface area contributed by atoms with Crippen molar-refractivity contribution < 1.29 is 4.74 Å². The Morgan fingerprint density at radius 3 is 2.29 bits per heavy atom. The highest BCUT2D eigenvalue weighted by atomic mass is 16.5. The lowest BCUT2D eigenvalue weighted by molar-refractivity contribution is 0.0893. The molecule has 1 aromatic rings. The fraction of sp³-hybridized carbons (Fsp3) is 0.806. The minimum atomic E-state index is 0.372. The second-order valence-corrected chi connectivity index (χ2v) is 11.7. The van der Waals surface area contributed by atoms with Crippen LogP contribution in [0.25, 0.3) is 0 Å². The van der Waals surface area contributed by atoms with Crippen molar-refractivity contribution in [3.63, 3.8) is 0 Å². The van der Waals surface area contributed by atoms with Gasteiger partial charge in [-0.1, -0.05) is 46.5 Å². The van der Waals surface area contributed by atoms with Gasteiger partial charge < -0.3 is 14.5 Å². The Hall–Kier alpha value is -1.26. The smallest absolute Gasteiger partial charge is 0.0746 e. The van der Waals surface area contributed by atoms with Gasteiger partial charge in [0, 0.05) is 57.8 Å². The van der Waals surface area contributed by atoms with Crippen LogP contribution in [0.5, 0.6) is 0 Å². The Morgan fingerprint density at radius 1 is 0.886 bits per heavy atom. The first-order chi connectivity index (χ1) is 17.1. The maximum absolute atomic E-state index is 5.75. The lowest BCUT2D eigenvalue weighted by atomic mass is 9.66. The molecule has 198 valence electrons. The summed E-state index contributed by atoms with van der Waals surface area (Å²) in [7, 11) is 1.88. The van der Waals surface area contributed by atoms with Crippen molar-refractivity contribution in [2.75, 3.05) is 62.7 Å². The average molecular weight is 484 g/mol. The molecule has 0 radical (unpaired) electrons. The van der Waals surface area contributed by atoms with Gasteiger partial charge in [-0.05, 0) is 86.6 Å². The highest BCUT2D eigenvalue weighted by Crippen LogP contribution is 2.49. The number of piperazine rings is 1. The number of hydrogen-bond acceptors (Lipinski definition) is 4. The van der Waals surface area contributed by atoms with Crippen LogP contribution in [0.1, 0.15) is 103 Å².